The van der Waals surface area contributed by atoms with Crippen molar-refractivity contribution in [3.05, 3.63) is 96.1 Å². The van der Waals surface area contributed by atoms with Gasteiger partial charge in [0.2, 0.25) is 0 Å². The molecule has 0 bridgehead atoms. The molecule has 0 amide bonds. The first-order valence-corrected chi connectivity index (χ1v) is 9.08. The highest BCUT2D eigenvalue weighted by atomic mass is 14.3. The van der Waals surface area contributed by atoms with E-state index in [2.05, 4.69) is 91.9 Å². The monoisotopic (exact) mass is 320 g/mol. The zero-order chi connectivity index (χ0) is 16.8. The third-order valence-electron chi connectivity index (χ3n) is 5.56. The van der Waals surface area contributed by atoms with Crippen LogP contribution >= 0.6 is 0 Å². The summed E-state index contributed by atoms with van der Waals surface area (Å²) in [6.07, 6.45) is 1.14. The highest BCUT2D eigenvalue weighted by molar-refractivity contribution is 5.97. The Labute approximate surface area is 148 Å². The highest BCUT2D eigenvalue weighted by Crippen LogP contribution is 2.47. The standard InChI is InChI=1S/C25H20/c1-2-19-22-11-5-6-12-23(22)24-15-14-18(16-25(19)24)21-13-7-9-17-8-3-4-10-20(17)21/h3-16,19H,2H2,1H3. The minimum atomic E-state index is 0.515. The van der Waals surface area contributed by atoms with Gasteiger partial charge in [-0.25, -0.2) is 0 Å². The number of benzene rings is 4. The second kappa shape index (κ2) is 5.60. The van der Waals surface area contributed by atoms with Crippen LogP contribution in [0.2, 0.25) is 0 Å². The van der Waals surface area contributed by atoms with Gasteiger partial charge in [-0.05, 0) is 56.6 Å². The molecule has 0 radical (unpaired) electrons. The summed E-state index contributed by atoms with van der Waals surface area (Å²) in [5.74, 6) is 0.515. The summed E-state index contributed by atoms with van der Waals surface area (Å²) in [5.41, 5.74) is 8.43. The van der Waals surface area contributed by atoms with E-state index in [1.807, 2.05) is 0 Å². The van der Waals surface area contributed by atoms with Crippen molar-refractivity contribution < 1.29 is 0 Å². The molecule has 0 aliphatic heterocycles. The molecule has 0 heterocycles. The Balaban J connectivity index is 1.73. The minimum absolute atomic E-state index is 0.515. The lowest BCUT2D eigenvalue weighted by Gasteiger charge is -2.13. The first-order chi connectivity index (χ1) is 12.4. The minimum Gasteiger partial charge on any atom is -0.0645 e. The fourth-order valence-electron chi connectivity index (χ4n) is 4.39. The van der Waals surface area contributed by atoms with Crippen molar-refractivity contribution in [3.63, 3.8) is 0 Å². The molecule has 0 aromatic heterocycles. The van der Waals surface area contributed by atoms with Crippen molar-refractivity contribution in [1.29, 1.82) is 0 Å². The molecule has 0 heteroatoms. The average molecular weight is 320 g/mol. The SMILES string of the molecule is CCC1c2ccccc2-c2ccc(-c3cccc4ccccc34)cc21. The van der Waals surface area contributed by atoms with Gasteiger partial charge in [0.25, 0.3) is 0 Å². The summed E-state index contributed by atoms with van der Waals surface area (Å²) < 4.78 is 0. The number of hydrogen-bond acceptors (Lipinski definition) is 0. The lowest BCUT2D eigenvalue weighted by molar-refractivity contribution is 0.797. The summed E-state index contributed by atoms with van der Waals surface area (Å²) in [5, 5.41) is 2.63. The fourth-order valence-corrected chi connectivity index (χ4v) is 4.39. The Kier molecular flexibility index (Phi) is 3.24. The molecule has 1 aliphatic rings. The molecule has 0 spiro atoms. The van der Waals surface area contributed by atoms with Crippen LogP contribution in [0.5, 0.6) is 0 Å². The van der Waals surface area contributed by atoms with Gasteiger partial charge in [0.05, 0.1) is 0 Å². The van der Waals surface area contributed by atoms with Crippen molar-refractivity contribution in [2.24, 2.45) is 0 Å². The molecule has 0 saturated carbocycles. The lowest BCUT2D eigenvalue weighted by Crippen LogP contribution is -1.94. The van der Waals surface area contributed by atoms with Gasteiger partial charge in [0, 0.05) is 5.92 Å². The summed E-state index contributed by atoms with van der Waals surface area (Å²) in [4.78, 5) is 0. The molecule has 0 saturated heterocycles. The molecule has 1 unspecified atom stereocenters. The van der Waals surface area contributed by atoms with Crippen molar-refractivity contribution in [1.82, 2.24) is 0 Å². The van der Waals surface area contributed by atoms with Crippen LogP contribution in [0.3, 0.4) is 0 Å². The summed E-state index contributed by atoms with van der Waals surface area (Å²) in [7, 11) is 0. The van der Waals surface area contributed by atoms with E-state index >= 15 is 0 Å². The van der Waals surface area contributed by atoms with Crippen molar-refractivity contribution in [2.75, 3.05) is 0 Å². The van der Waals surface area contributed by atoms with Gasteiger partial charge in [0.1, 0.15) is 0 Å². The van der Waals surface area contributed by atoms with E-state index in [0.717, 1.165) is 6.42 Å². The second-order valence-electron chi connectivity index (χ2n) is 6.88. The third-order valence-corrected chi connectivity index (χ3v) is 5.56. The van der Waals surface area contributed by atoms with Crippen molar-refractivity contribution in [3.8, 4) is 22.3 Å². The topological polar surface area (TPSA) is 0 Å². The van der Waals surface area contributed by atoms with E-state index in [4.69, 9.17) is 0 Å². The van der Waals surface area contributed by atoms with Crippen LogP contribution in [0.25, 0.3) is 33.0 Å². The first kappa shape index (κ1) is 14.5. The summed E-state index contributed by atoms with van der Waals surface area (Å²) in [6, 6.07) is 31.2. The molecule has 0 N–H and O–H groups in total. The summed E-state index contributed by atoms with van der Waals surface area (Å²) >= 11 is 0. The van der Waals surface area contributed by atoms with Gasteiger partial charge >= 0.3 is 0 Å². The molecule has 120 valence electrons. The van der Waals surface area contributed by atoms with E-state index < -0.39 is 0 Å². The molecular weight excluding hydrogens is 300 g/mol. The molecule has 0 nitrogen and oxygen atoms in total. The molecule has 5 rings (SSSR count). The number of hydrogen-bond donors (Lipinski definition) is 0. The molecule has 1 atom stereocenters. The molecular formula is C25H20. The van der Waals surface area contributed by atoms with E-state index in [1.54, 1.807) is 0 Å². The van der Waals surface area contributed by atoms with Gasteiger partial charge in [0.15, 0.2) is 0 Å². The maximum Gasteiger partial charge on any atom is 0.00992 e. The van der Waals surface area contributed by atoms with E-state index in [9.17, 15) is 0 Å². The predicted octanol–water partition coefficient (Wildman–Crippen LogP) is 7.03. The maximum atomic E-state index is 2.42. The molecule has 0 fully saturated rings. The normalized spacial score (nSPS) is 15.2. The quantitative estimate of drug-likeness (QED) is 0.372. The second-order valence-corrected chi connectivity index (χ2v) is 6.88. The fraction of sp³-hybridized carbons (Fsp3) is 0.120. The van der Waals surface area contributed by atoms with E-state index in [1.165, 1.54) is 44.2 Å². The highest BCUT2D eigenvalue weighted by Gasteiger charge is 2.27. The average Bonchev–Trinajstić information content (AvgIpc) is 3.00. The third kappa shape index (κ3) is 2.14. The maximum absolute atomic E-state index is 2.42. The largest absolute Gasteiger partial charge is 0.0645 e. The zero-order valence-corrected chi connectivity index (χ0v) is 14.4. The van der Waals surface area contributed by atoms with Gasteiger partial charge in [-0.15, -0.1) is 0 Å². The van der Waals surface area contributed by atoms with Crippen LogP contribution < -0.4 is 0 Å². The number of fused-ring (bicyclic) bond motifs is 4. The van der Waals surface area contributed by atoms with Crippen LogP contribution in [0.1, 0.15) is 30.4 Å². The smallest absolute Gasteiger partial charge is 0.00992 e. The van der Waals surface area contributed by atoms with E-state index in [-0.39, 0.29) is 0 Å². The zero-order valence-electron chi connectivity index (χ0n) is 14.4. The summed E-state index contributed by atoms with van der Waals surface area (Å²) in [6.45, 7) is 2.29. The van der Waals surface area contributed by atoms with Gasteiger partial charge < -0.3 is 0 Å². The Hall–Kier alpha value is -2.86. The van der Waals surface area contributed by atoms with Crippen molar-refractivity contribution in [2.45, 2.75) is 19.3 Å². The van der Waals surface area contributed by atoms with Crippen LogP contribution in [0.4, 0.5) is 0 Å². The first-order valence-electron chi connectivity index (χ1n) is 9.08. The van der Waals surface area contributed by atoms with Crippen molar-refractivity contribution >= 4 is 10.8 Å². The predicted molar refractivity (Wildman–Crippen MR) is 107 cm³/mol. The Morgan fingerprint density at radius 2 is 1.36 bits per heavy atom. The van der Waals surface area contributed by atoms with Gasteiger partial charge in [-0.2, -0.15) is 0 Å². The Morgan fingerprint density at radius 3 is 2.28 bits per heavy atom. The van der Waals surface area contributed by atoms with Gasteiger partial charge in [-0.3, -0.25) is 0 Å². The lowest BCUT2D eigenvalue weighted by atomic mass is 9.91. The van der Waals surface area contributed by atoms with Crippen LogP contribution in [-0.4, -0.2) is 0 Å². The Bertz CT molecular complexity index is 1080. The van der Waals surface area contributed by atoms with Gasteiger partial charge in [-0.1, -0.05) is 85.8 Å². The molecule has 4 aromatic carbocycles. The van der Waals surface area contributed by atoms with Crippen LogP contribution in [-0.2, 0) is 0 Å². The van der Waals surface area contributed by atoms with Crippen LogP contribution in [0, 0.1) is 0 Å². The Morgan fingerprint density at radius 1 is 0.640 bits per heavy atom. The molecule has 4 aromatic rings. The van der Waals surface area contributed by atoms with E-state index in [0.29, 0.717) is 5.92 Å². The number of rotatable bonds is 2. The molecule has 25 heavy (non-hydrogen) atoms. The molecule has 1 aliphatic carbocycles. The van der Waals surface area contributed by atoms with Crippen LogP contribution in [0.15, 0.2) is 84.9 Å².